The maximum Gasteiger partial charge on any atom is 0.330 e. The summed E-state index contributed by atoms with van der Waals surface area (Å²) in [6.07, 6.45) is 5.72. The van der Waals surface area contributed by atoms with Crippen LogP contribution in [0.2, 0.25) is 0 Å². The average molecular weight is 364 g/mol. The third-order valence-electron chi connectivity index (χ3n) is 2.05. The lowest BCUT2D eigenvalue weighted by atomic mass is 10.2. The van der Waals surface area contributed by atoms with Crippen LogP contribution in [-0.2, 0) is 9.59 Å². The fraction of sp³-hybridized carbons (Fsp3) is 0.200. The SMILES string of the molecule is C=C(C)C(=O)O.C=C(C)C(=O)O.C=CC=Cc1ccccc1.OCCO. The highest BCUT2D eigenvalue weighted by Gasteiger charge is 1.90. The van der Waals surface area contributed by atoms with E-state index in [2.05, 4.69) is 31.9 Å². The van der Waals surface area contributed by atoms with E-state index in [0.717, 1.165) is 0 Å². The minimum absolute atomic E-state index is 0.125. The largest absolute Gasteiger partial charge is 0.478 e. The van der Waals surface area contributed by atoms with E-state index in [1.165, 1.54) is 19.4 Å². The summed E-state index contributed by atoms with van der Waals surface area (Å²) in [6, 6.07) is 10.1. The van der Waals surface area contributed by atoms with E-state index in [1.54, 1.807) is 6.08 Å². The molecule has 6 heteroatoms. The van der Waals surface area contributed by atoms with E-state index in [1.807, 2.05) is 30.4 Å². The molecule has 0 fully saturated rings. The maximum absolute atomic E-state index is 9.60. The Balaban J connectivity index is -0.000000290. The number of allylic oxidation sites excluding steroid dienone is 2. The zero-order chi connectivity index (χ0) is 21.0. The van der Waals surface area contributed by atoms with Gasteiger partial charge in [-0.3, -0.25) is 0 Å². The van der Waals surface area contributed by atoms with Crippen molar-refractivity contribution in [2.45, 2.75) is 13.8 Å². The molecule has 0 aliphatic carbocycles. The van der Waals surface area contributed by atoms with Gasteiger partial charge in [0.05, 0.1) is 13.2 Å². The molecule has 0 aromatic heterocycles. The van der Waals surface area contributed by atoms with Crippen LogP contribution < -0.4 is 0 Å². The standard InChI is InChI=1S/C10H10.2C4H6O2.C2H6O2/c1-2-3-7-10-8-5-4-6-9-10;2*1-3(2)4(5)6;3-1-2-4/h2-9H,1H2;2*1H2,2H3,(H,5,6);3-4H,1-2H2. The molecular formula is C20H28O6. The summed E-state index contributed by atoms with van der Waals surface area (Å²) in [4.78, 5) is 19.2. The van der Waals surface area contributed by atoms with Gasteiger partial charge in [0, 0.05) is 11.1 Å². The van der Waals surface area contributed by atoms with Gasteiger partial charge in [-0.25, -0.2) is 9.59 Å². The normalized spacial score (nSPS) is 8.46. The van der Waals surface area contributed by atoms with Gasteiger partial charge in [-0.05, 0) is 19.4 Å². The number of hydrogen-bond donors (Lipinski definition) is 4. The number of aliphatic carboxylic acids is 2. The van der Waals surface area contributed by atoms with Crippen LogP contribution in [0, 0.1) is 0 Å². The summed E-state index contributed by atoms with van der Waals surface area (Å²) >= 11 is 0. The van der Waals surface area contributed by atoms with E-state index in [9.17, 15) is 9.59 Å². The van der Waals surface area contributed by atoms with Crippen LogP contribution in [0.3, 0.4) is 0 Å². The lowest BCUT2D eigenvalue weighted by Crippen LogP contribution is -1.92. The molecule has 26 heavy (non-hydrogen) atoms. The summed E-state index contributed by atoms with van der Waals surface area (Å²) in [5.74, 6) is -1.87. The molecule has 0 radical (unpaired) electrons. The molecule has 0 saturated carbocycles. The first-order valence-corrected chi connectivity index (χ1v) is 7.47. The minimum Gasteiger partial charge on any atom is -0.478 e. The second kappa shape index (κ2) is 20.1. The Labute approximate surface area is 154 Å². The van der Waals surface area contributed by atoms with Crippen LogP contribution >= 0.6 is 0 Å². The van der Waals surface area contributed by atoms with Crippen molar-refractivity contribution in [2.75, 3.05) is 13.2 Å². The van der Waals surface area contributed by atoms with Crippen LogP contribution in [0.15, 0.2) is 73.4 Å². The van der Waals surface area contributed by atoms with E-state index in [0.29, 0.717) is 0 Å². The molecule has 0 bridgehead atoms. The fourth-order valence-corrected chi connectivity index (χ4v) is 0.743. The molecule has 1 aromatic carbocycles. The lowest BCUT2D eigenvalue weighted by molar-refractivity contribution is -0.133. The number of carbonyl (C=O) groups is 2. The highest BCUT2D eigenvalue weighted by Crippen LogP contribution is 1.99. The predicted molar refractivity (Wildman–Crippen MR) is 105 cm³/mol. The molecule has 144 valence electrons. The highest BCUT2D eigenvalue weighted by molar-refractivity contribution is 5.85. The van der Waals surface area contributed by atoms with Crippen LogP contribution in [0.25, 0.3) is 6.08 Å². The molecule has 6 nitrogen and oxygen atoms in total. The van der Waals surface area contributed by atoms with Crippen molar-refractivity contribution in [1.29, 1.82) is 0 Å². The van der Waals surface area contributed by atoms with Crippen molar-refractivity contribution in [3.05, 3.63) is 78.9 Å². The van der Waals surface area contributed by atoms with Crippen LogP contribution in [0.5, 0.6) is 0 Å². The summed E-state index contributed by atoms with van der Waals surface area (Å²) in [5.41, 5.74) is 1.56. The number of hydrogen-bond acceptors (Lipinski definition) is 4. The van der Waals surface area contributed by atoms with Gasteiger partial charge in [-0.2, -0.15) is 0 Å². The first-order chi connectivity index (χ1) is 12.1. The Kier molecular flexibility index (Phi) is 21.5. The van der Waals surface area contributed by atoms with Crippen molar-refractivity contribution >= 4 is 18.0 Å². The maximum atomic E-state index is 9.60. The van der Waals surface area contributed by atoms with Gasteiger partial charge >= 0.3 is 11.9 Å². The van der Waals surface area contributed by atoms with Gasteiger partial charge in [0.15, 0.2) is 0 Å². The second-order valence-corrected chi connectivity index (χ2v) is 4.62. The number of aliphatic hydroxyl groups is 2. The van der Waals surface area contributed by atoms with E-state index >= 15 is 0 Å². The lowest BCUT2D eigenvalue weighted by Gasteiger charge is -1.87. The molecule has 4 N–H and O–H groups in total. The van der Waals surface area contributed by atoms with Gasteiger partial charge in [-0.1, -0.05) is 68.3 Å². The third kappa shape index (κ3) is 26.0. The number of benzene rings is 1. The Morgan fingerprint density at radius 2 is 1.27 bits per heavy atom. The Hall–Kier alpha value is -2.96. The first kappa shape index (κ1) is 27.9. The molecular weight excluding hydrogens is 336 g/mol. The molecule has 1 aromatic rings. The van der Waals surface area contributed by atoms with Crippen molar-refractivity contribution in [3.63, 3.8) is 0 Å². The zero-order valence-electron chi connectivity index (χ0n) is 15.3. The smallest absolute Gasteiger partial charge is 0.330 e. The summed E-state index contributed by atoms with van der Waals surface area (Å²) in [7, 11) is 0. The van der Waals surface area contributed by atoms with Crippen LogP contribution in [0.1, 0.15) is 19.4 Å². The quantitative estimate of drug-likeness (QED) is 0.471. The summed E-state index contributed by atoms with van der Waals surface area (Å²) in [5, 5.41) is 31.0. The van der Waals surface area contributed by atoms with Crippen LogP contribution in [-0.4, -0.2) is 45.6 Å². The van der Waals surface area contributed by atoms with E-state index in [4.69, 9.17) is 20.4 Å². The Bertz CT molecular complexity index is 523. The second-order valence-electron chi connectivity index (χ2n) is 4.62. The minimum atomic E-state index is -0.935. The Morgan fingerprint density at radius 1 is 0.923 bits per heavy atom. The monoisotopic (exact) mass is 364 g/mol. The van der Waals surface area contributed by atoms with E-state index in [-0.39, 0.29) is 24.4 Å². The van der Waals surface area contributed by atoms with Crippen LogP contribution in [0.4, 0.5) is 0 Å². The molecule has 0 spiro atoms. The molecule has 0 heterocycles. The van der Waals surface area contributed by atoms with Gasteiger partial charge in [-0.15, -0.1) is 0 Å². The van der Waals surface area contributed by atoms with Crippen molar-refractivity contribution < 1.29 is 30.0 Å². The van der Waals surface area contributed by atoms with Gasteiger partial charge < -0.3 is 20.4 Å². The van der Waals surface area contributed by atoms with Crippen molar-refractivity contribution in [2.24, 2.45) is 0 Å². The molecule has 0 aliphatic heterocycles. The molecule has 0 unspecified atom stereocenters. The molecule has 0 atom stereocenters. The molecule has 0 saturated heterocycles. The number of rotatable bonds is 5. The highest BCUT2D eigenvalue weighted by atomic mass is 16.4. The molecule has 1 rings (SSSR count). The van der Waals surface area contributed by atoms with Gasteiger partial charge in [0.2, 0.25) is 0 Å². The topological polar surface area (TPSA) is 115 Å². The number of carboxylic acids is 2. The van der Waals surface area contributed by atoms with Gasteiger partial charge in [0.25, 0.3) is 0 Å². The molecule has 0 aliphatic rings. The molecule has 0 amide bonds. The Morgan fingerprint density at radius 3 is 1.50 bits per heavy atom. The summed E-state index contributed by atoms with van der Waals surface area (Å²) < 4.78 is 0. The third-order valence-corrected chi connectivity index (χ3v) is 2.05. The first-order valence-electron chi connectivity index (χ1n) is 7.47. The van der Waals surface area contributed by atoms with Crippen molar-refractivity contribution in [1.82, 2.24) is 0 Å². The predicted octanol–water partition coefficient (Wildman–Crippen LogP) is 3.15. The summed E-state index contributed by atoms with van der Waals surface area (Å²) in [6.45, 7) is 12.5. The number of carboxylic acid groups (broad SMARTS) is 2. The van der Waals surface area contributed by atoms with Gasteiger partial charge in [0.1, 0.15) is 0 Å². The average Bonchev–Trinajstić information content (AvgIpc) is 2.62. The van der Waals surface area contributed by atoms with E-state index < -0.39 is 11.9 Å². The van der Waals surface area contributed by atoms with Crippen molar-refractivity contribution in [3.8, 4) is 0 Å². The fourth-order valence-electron chi connectivity index (χ4n) is 0.743. The number of aliphatic hydroxyl groups excluding tert-OH is 2. The zero-order valence-corrected chi connectivity index (χ0v) is 15.3.